The van der Waals surface area contributed by atoms with Crippen molar-refractivity contribution >= 4 is 16.9 Å². The second kappa shape index (κ2) is 4.71. The summed E-state index contributed by atoms with van der Waals surface area (Å²) < 4.78 is 0. The van der Waals surface area contributed by atoms with Crippen LogP contribution in [0.15, 0.2) is 24.3 Å². The molecule has 0 aliphatic carbocycles. The van der Waals surface area contributed by atoms with Gasteiger partial charge in [0, 0.05) is 5.75 Å². The van der Waals surface area contributed by atoms with Crippen LogP contribution in [-0.4, -0.2) is 17.8 Å². The van der Waals surface area contributed by atoms with Crippen molar-refractivity contribution in [1.82, 2.24) is 5.32 Å². The SMILES string of the molecule is Cc1ccc(CSC2=[NH+]CC(C)N2)cc1. The van der Waals surface area contributed by atoms with Crippen LogP contribution < -0.4 is 10.3 Å². The first-order chi connectivity index (χ1) is 7.24. The Balaban J connectivity index is 1.86. The fourth-order valence-corrected chi connectivity index (χ4v) is 2.48. The van der Waals surface area contributed by atoms with Gasteiger partial charge in [0.25, 0.3) is 0 Å². The highest BCUT2D eigenvalue weighted by Gasteiger charge is 2.19. The first kappa shape index (κ1) is 10.6. The van der Waals surface area contributed by atoms with Crippen LogP contribution in [0.5, 0.6) is 0 Å². The third-order valence-corrected chi connectivity index (χ3v) is 3.48. The molecule has 0 spiro atoms. The van der Waals surface area contributed by atoms with Crippen LogP contribution in [-0.2, 0) is 5.75 Å². The number of benzene rings is 1. The Morgan fingerprint density at radius 1 is 1.40 bits per heavy atom. The number of amidine groups is 1. The minimum atomic E-state index is 0.561. The lowest BCUT2D eigenvalue weighted by atomic mass is 10.2. The third kappa shape index (κ3) is 2.99. The molecule has 1 aliphatic heterocycles. The Labute approximate surface area is 95.2 Å². The van der Waals surface area contributed by atoms with Crippen molar-refractivity contribution in [3.05, 3.63) is 35.4 Å². The van der Waals surface area contributed by atoms with Crippen LogP contribution in [0.2, 0.25) is 0 Å². The van der Waals surface area contributed by atoms with E-state index < -0.39 is 0 Å². The fraction of sp³-hybridized carbons (Fsp3) is 0.417. The monoisotopic (exact) mass is 221 g/mol. The largest absolute Gasteiger partial charge is 0.304 e. The summed E-state index contributed by atoms with van der Waals surface area (Å²) in [5.74, 6) is 1.03. The minimum Gasteiger partial charge on any atom is -0.265 e. The zero-order valence-electron chi connectivity index (χ0n) is 9.21. The smallest absolute Gasteiger partial charge is 0.265 e. The average Bonchev–Trinajstić information content (AvgIpc) is 2.64. The normalized spacial score (nSPS) is 19.9. The summed E-state index contributed by atoms with van der Waals surface area (Å²) in [7, 11) is 0. The predicted molar refractivity (Wildman–Crippen MR) is 65.9 cm³/mol. The van der Waals surface area contributed by atoms with Crippen molar-refractivity contribution in [2.75, 3.05) is 6.54 Å². The van der Waals surface area contributed by atoms with Crippen LogP contribution >= 0.6 is 11.8 Å². The Hall–Kier alpha value is -0.960. The van der Waals surface area contributed by atoms with Gasteiger partial charge in [0.15, 0.2) is 0 Å². The van der Waals surface area contributed by atoms with Gasteiger partial charge in [-0.05, 0) is 31.2 Å². The molecule has 1 aliphatic rings. The number of rotatable bonds is 2. The number of thioether (sulfide) groups is 1. The lowest BCUT2D eigenvalue weighted by Gasteiger charge is -2.00. The van der Waals surface area contributed by atoms with Gasteiger partial charge in [-0.2, -0.15) is 0 Å². The first-order valence-corrected chi connectivity index (χ1v) is 6.28. The molecule has 0 aromatic heterocycles. The zero-order chi connectivity index (χ0) is 10.7. The van der Waals surface area contributed by atoms with E-state index in [1.54, 1.807) is 0 Å². The Morgan fingerprint density at radius 2 is 2.13 bits per heavy atom. The molecule has 2 nitrogen and oxygen atoms in total. The van der Waals surface area contributed by atoms with E-state index in [2.05, 4.69) is 48.4 Å². The van der Waals surface area contributed by atoms with E-state index in [1.165, 1.54) is 16.3 Å². The summed E-state index contributed by atoms with van der Waals surface area (Å²) in [6.45, 7) is 5.34. The molecule has 0 fully saturated rings. The molecule has 0 amide bonds. The van der Waals surface area contributed by atoms with Crippen LogP contribution in [0.25, 0.3) is 0 Å². The Morgan fingerprint density at radius 3 is 2.73 bits per heavy atom. The Bertz CT molecular complexity index is 356. The molecule has 0 saturated heterocycles. The zero-order valence-corrected chi connectivity index (χ0v) is 10.0. The highest BCUT2D eigenvalue weighted by molar-refractivity contribution is 8.12. The predicted octanol–water partition coefficient (Wildman–Crippen LogP) is 0.657. The minimum absolute atomic E-state index is 0.561. The third-order valence-electron chi connectivity index (χ3n) is 2.45. The summed E-state index contributed by atoms with van der Waals surface area (Å²) in [5, 5.41) is 4.62. The molecule has 80 valence electrons. The van der Waals surface area contributed by atoms with Gasteiger partial charge in [0.05, 0.1) is 0 Å². The molecular weight excluding hydrogens is 204 g/mol. The van der Waals surface area contributed by atoms with Crippen molar-refractivity contribution in [2.24, 2.45) is 0 Å². The molecule has 3 heteroatoms. The van der Waals surface area contributed by atoms with Crippen molar-refractivity contribution in [3.8, 4) is 0 Å². The molecule has 2 rings (SSSR count). The van der Waals surface area contributed by atoms with Crippen LogP contribution in [0.4, 0.5) is 0 Å². The van der Waals surface area contributed by atoms with E-state index >= 15 is 0 Å². The molecule has 0 radical (unpaired) electrons. The molecule has 15 heavy (non-hydrogen) atoms. The van der Waals surface area contributed by atoms with Gasteiger partial charge in [-0.15, -0.1) is 0 Å². The molecule has 0 saturated carbocycles. The van der Waals surface area contributed by atoms with Crippen LogP contribution in [0.3, 0.4) is 0 Å². The van der Waals surface area contributed by atoms with E-state index in [4.69, 9.17) is 0 Å². The second-order valence-electron chi connectivity index (χ2n) is 4.03. The maximum Gasteiger partial charge on any atom is 0.304 e. The van der Waals surface area contributed by atoms with Crippen molar-refractivity contribution in [2.45, 2.75) is 25.6 Å². The molecule has 1 heterocycles. The molecule has 1 aromatic rings. The summed E-state index contributed by atoms with van der Waals surface area (Å²) in [4.78, 5) is 3.36. The highest BCUT2D eigenvalue weighted by atomic mass is 32.2. The number of hydrogen-bond acceptors (Lipinski definition) is 2. The highest BCUT2D eigenvalue weighted by Crippen LogP contribution is 2.12. The van der Waals surface area contributed by atoms with Gasteiger partial charge in [0.2, 0.25) is 0 Å². The summed E-state index contributed by atoms with van der Waals surface area (Å²) in [5.41, 5.74) is 2.70. The summed E-state index contributed by atoms with van der Waals surface area (Å²) in [6, 6.07) is 9.28. The lowest BCUT2D eigenvalue weighted by Crippen LogP contribution is -2.70. The van der Waals surface area contributed by atoms with Crippen molar-refractivity contribution in [1.29, 1.82) is 0 Å². The molecule has 2 N–H and O–H groups in total. The quantitative estimate of drug-likeness (QED) is 0.767. The summed E-state index contributed by atoms with van der Waals surface area (Å²) in [6.07, 6.45) is 0. The van der Waals surface area contributed by atoms with Gasteiger partial charge in [-0.25, -0.2) is 0 Å². The Kier molecular flexibility index (Phi) is 3.31. The lowest BCUT2D eigenvalue weighted by molar-refractivity contribution is -0.445. The van der Waals surface area contributed by atoms with Crippen LogP contribution in [0.1, 0.15) is 18.1 Å². The van der Waals surface area contributed by atoms with Gasteiger partial charge in [-0.1, -0.05) is 29.8 Å². The van der Waals surface area contributed by atoms with E-state index in [-0.39, 0.29) is 0 Å². The maximum absolute atomic E-state index is 3.40. The standard InChI is InChI=1S/C12H16N2S/c1-9-3-5-11(6-4-9)8-15-12-13-7-10(2)14-12/h3-6,10H,7-8H2,1-2H3,(H,13,14)/p+1. The topological polar surface area (TPSA) is 26.0 Å². The van der Waals surface area contributed by atoms with E-state index in [1.807, 2.05) is 11.8 Å². The molecule has 1 atom stereocenters. The number of nitrogens with one attached hydrogen (secondary N) is 2. The van der Waals surface area contributed by atoms with E-state index in [0.717, 1.165) is 12.3 Å². The fourth-order valence-electron chi connectivity index (χ4n) is 1.50. The van der Waals surface area contributed by atoms with E-state index in [0.29, 0.717) is 6.04 Å². The van der Waals surface area contributed by atoms with E-state index in [9.17, 15) is 0 Å². The number of hydrogen-bond donors (Lipinski definition) is 2. The number of aryl methyl sites for hydroxylation is 1. The van der Waals surface area contributed by atoms with Gasteiger partial charge < -0.3 is 0 Å². The first-order valence-electron chi connectivity index (χ1n) is 5.30. The van der Waals surface area contributed by atoms with Crippen molar-refractivity contribution < 1.29 is 4.99 Å². The maximum atomic E-state index is 3.40. The second-order valence-corrected chi connectivity index (χ2v) is 5.02. The molecule has 1 unspecified atom stereocenters. The summed E-state index contributed by atoms with van der Waals surface area (Å²) >= 11 is 1.84. The molecule has 1 aromatic carbocycles. The van der Waals surface area contributed by atoms with Crippen molar-refractivity contribution in [3.63, 3.8) is 0 Å². The van der Waals surface area contributed by atoms with Crippen LogP contribution in [0, 0.1) is 6.92 Å². The average molecular weight is 221 g/mol. The van der Waals surface area contributed by atoms with Gasteiger partial charge >= 0.3 is 5.17 Å². The molecule has 0 bridgehead atoms. The van der Waals surface area contributed by atoms with Gasteiger partial charge in [-0.3, -0.25) is 10.3 Å². The van der Waals surface area contributed by atoms with Gasteiger partial charge in [0.1, 0.15) is 12.6 Å². The molecular formula is C12H17N2S+.